The Balaban J connectivity index is 0. The quantitative estimate of drug-likeness (QED) is 0.424. The zero-order valence-corrected chi connectivity index (χ0v) is 5.69. The Labute approximate surface area is 55.5 Å². The first kappa shape index (κ1) is 10.8. The molecule has 8 heavy (non-hydrogen) atoms. The molecule has 0 aliphatic heterocycles. The van der Waals surface area contributed by atoms with Crippen LogP contribution in [0.5, 0.6) is 0 Å². The van der Waals surface area contributed by atoms with E-state index in [0.29, 0.717) is 19.0 Å². The molecule has 0 aliphatic carbocycles. The number of rotatable bonds is 2. The van der Waals surface area contributed by atoms with Gasteiger partial charge in [-0.15, -0.1) is 18.2 Å². The Morgan fingerprint density at radius 3 is 1.62 bits per heavy atom. The molecule has 0 heterocycles. The van der Waals surface area contributed by atoms with E-state index in [0.717, 1.165) is 0 Å². The summed E-state index contributed by atoms with van der Waals surface area (Å²) >= 11 is 5.07. The van der Waals surface area contributed by atoms with E-state index in [2.05, 4.69) is 6.58 Å². The van der Waals surface area contributed by atoms with E-state index < -0.39 is 0 Å². The second kappa shape index (κ2) is 15.8. The fourth-order valence-electron chi connectivity index (χ4n) is 0. The third-order valence-electron chi connectivity index (χ3n) is 0.276. The monoisotopic (exact) mass is 136 g/mol. The highest BCUT2D eigenvalue weighted by Crippen LogP contribution is 1.67. The molecule has 3 heteroatoms. The van der Waals surface area contributed by atoms with E-state index in [4.69, 9.17) is 23.1 Å². The van der Waals surface area contributed by atoms with E-state index in [1.54, 1.807) is 6.08 Å². The Kier molecular flexibility index (Phi) is 21.4. The molecule has 0 rings (SSSR count). The maximum atomic E-state index is 5.07. The first-order chi connectivity index (χ1) is 3.83. The number of hydrogen-bond donors (Lipinski definition) is 2. The van der Waals surface area contributed by atoms with Crippen molar-refractivity contribution in [3.05, 3.63) is 12.7 Å². The molecule has 0 radical (unpaired) electrons. The zero-order valence-electron chi connectivity index (χ0n) is 4.94. The lowest BCUT2D eigenvalue weighted by atomic mass is 10.7. The van der Waals surface area contributed by atoms with E-state index in [1.165, 1.54) is 0 Å². The predicted octanol–water partition coefficient (Wildman–Crippen LogP) is 0.315. The summed E-state index contributed by atoms with van der Waals surface area (Å²) in [5.74, 6) is 0.556. The highest BCUT2D eigenvalue weighted by atomic mass is 35.5. The third-order valence-corrected chi connectivity index (χ3v) is 0.494. The molecule has 0 saturated heterocycles. The van der Waals surface area contributed by atoms with Gasteiger partial charge in [-0.3, -0.25) is 0 Å². The summed E-state index contributed by atoms with van der Waals surface area (Å²) in [6.07, 6.45) is 1.64. The molecule has 0 amide bonds. The van der Waals surface area contributed by atoms with Crippen LogP contribution in [0.25, 0.3) is 0 Å². The van der Waals surface area contributed by atoms with Crippen molar-refractivity contribution < 1.29 is 0 Å². The number of alkyl halides is 1. The highest BCUT2D eigenvalue weighted by molar-refractivity contribution is 6.18. The van der Waals surface area contributed by atoms with Crippen LogP contribution in [0.1, 0.15) is 0 Å². The predicted molar refractivity (Wildman–Crippen MR) is 39.0 cm³/mol. The summed E-state index contributed by atoms with van der Waals surface area (Å²) in [7, 11) is 0. The van der Waals surface area contributed by atoms with Crippen LogP contribution in [0.4, 0.5) is 0 Å². The lowest BCUT2D eigenvalue weighted by Crippen LogP contribution is -2.11. The van der Waals surface area contributed by atoms with Crippen molar-refractivity contribution in [2.45, 2.75) is 0 Å². The molecule has 0 aromatic rings. The minimum absolute atomic E-state index is 0.556. The fourth-order valence-corrected chi connectivity index (χ4v) is 0. The van der Waals surface area contributed by atoms with Gasteiger partial charge in [0.2, 0.25) is 0 Å². The van der Waals surface area contributed by atoms with Crippen molar-refractivity contribution in [1.29, 1.82) is 0 Å². The third kappa shape index (κ3) is 38.3. The average Bonchev–Trinajstić information content (AvgIpc) is 1.88. The Bertz CT molecular complexity index is 37.4. The topological polar surface area (TPSA) is 52.0 Å². The number of hydrogen-bond acceptors (Lipinski definition) is 2. The molecule has 0 saturated carbocycles. The van der Waals surface area contributed by atoms with Gasteiger partial charge in [-0.1, -0.05) is 6.08 Å². The summed E-state index contributed by atoms with van der Waals surface area (Å²) in [6.45, 7) is 4.54. The molecule has 0 atom stereocenters. The molecule has 0 spiro atoms. The fraction of sp³-hybridized carbons (Fsp3) is 0.600. The molecule has 0 unspecified atom stereocenters. The van der Waals surface area contributed by atoms with Crippen molar-refractivity contribution >= 4 is 11.6 Å². The van der Waals surface area contributed by atoms with Crippen molar-refractivity contribution in [1.82, 2.24) is 0 Å². The van der Waals surface area contributed by atoms with Crippen molar-refractivity contribution in [2.75, 3.05) is 19.0 Å². The summed E-state index contributed by atoms with van der Waals surface area (Å²) in [4.78, 5) is 0. The first-order valence-corrected chi connectivity index (χ1v) is 2.93. The first-order valence-electron chi connectivity index (χ1n) is 2.40. The zero-order chi connectivity index (χ0) is 6.83. The van der Waals surface area contributed by atoms with Crippen LogP contribution in [-0.2, 0) is 0 Å². The highest BCUT2D eigenvalue weighted by Gasteiger charge is 1.54. The molecule has 0 aliphatic rings. The van der Waals surface area contributed by atoms with Gasteiger partial charge in [0, 0.05) is 19.0 Å². The van der Waals surface area contributed by atoms with Crippen LogP contribution in [0.15, 0.2) is 12.7 Å². The van der Waals surface area contributed by atoms with Crippen molar-refractivity contribution in [2.24, 2.45) is 11.5 Å². The van der Waals surface area contributed by atoms with E-state index >= 15 is 0 Å². The largest absolute Gasteiger partial charge is 0.329 e. The van der Waals surface area contributed by atoms with Gasteiger partial charge in [-0.25, -0.2) is 0 Å². The summed E-state index contributed by atoms with van der Waals surface area (Å²) in [6, 6.07) is 0. The van der Waals surface area contributed by atoms with Gasteiger partial charge >= 0.3 is 0 Å². The van der Waals surface area contributed by atoms with E-state index in [9.17, 15) is 0 Å². The van der Waals surface area contributed by atoms with Crippen LogP contribution in [-0.4, -0.2) is 19.0 Å². The Hall–Kier alpha value is -0.0500. The van der Waals surface area contributed by atoms with Crippen LogP contribution >= 0.6 is 11.6 Å². The number of halogens is 1. The van der Waals surface area contributed by atoms with E-state index in [-0.39, 0.29) is 0 Å². The minimum atomic E-state index is 0.556. The maximum absolute atomic E-state index is 5.07. The van der Waals surface area contributed by atoms with Crippen LogP contribution in [0.3, 0.4) is 0 Å². The standard InChI is InChI=1S/C3H5Cl.C2H8N2/c1-2-3-4;3-1-2-4/h2H,1,3H2;1-4H2. The summed E-state index contributed by atoms with van der Waals surface area (Å²) < 4.78 is 0. The van der Waals surface area contributed by atoms with Gasteiger partial charge in [0.1, 0.15) is 0 Å². The van der Waals surface area contributed by atoms with Crippen molar-refractivity contribution in [3.63, 3.8) is 0 Å². The van der Waals surface area contributed by atoms with Crippen molar-refractivity contribution in [3.8, 4) is 0 Å². The Morgan fingerprint density at radius 1 is 1.38 bits per heavy atom. The second-order valence-electron chi connectivity index (χ2n) is 1.02. The molecule has 0 aromatic carbocycles. The maximum Gasteiger partial charge on any atom is 0.0401 e. The van der Waals surface area contributed by atoms with Crippen LogP contribution < -0.4 is 11.5 Å². The van der Waals surface area contributed by atoms with Gasteiger partial charge in [0.25, 0.3) is 0 Å². The molecular weight excluding hydrogens is 124 g/mol. The smallest absolute Gasteiger partial charge is 0.0401 e. The van der Waals surface area contributed by atoms with Gasteiger partial charge in [0.15, 0.2) is 0 Å². The SMILES string of the molecule is C=CCCl.NCCN. The molecule has 0 bridgehead atoms. The summed E-state index contributed by atoms with van der Waals surface area (Å²) in [5, 5.41) is 0. The lowest BCUT2D eigenvalue weighted by Gasteiger charge is -1.72. The summed E-state index contributed by atoms with van der Waals surface area (Å²) in [5.41, 5.74) is 9.81. The van der Waals surface area contributed by atoms with Gasteiger partial charge < -0.3 is 11.5 Å². The Morgan fingerprint density at radius 2 is 1.62 bits per heavy atom. The van der Waals surface area contributed by atoms with Gasteiger partial charge in [-0.2, -0.15) is 0 Å². The molecule has 0 fully saturated rings. The number of allylic oxidation sites excluding steroid dienone is 1. The van der Waals surface area contributed by atoms with Gasteiger partial charge in [0.05, 0.1) is 0 Å². The molecule has 4 N–H and O–H groups in total. The average molecular weight is 137 g/mol. The van der Waals surface area contributed by atoms with Gasteiger partial charge in [-0.05, 0) is 0 Å². The molecule has 2 nitrogen and oxygen atoms in total. The molecule has 50 valence electrons. The number of nitrogens with two attached hydrogens (primary N) is 2. The second-order valence-corrected chi connectivity index (χ2v) is 1.33. The lowest BCUT2D eigenvalue weighted by molar-refractivity contribution is 0.976. The van der Waals surface area contributed by atoms with Crippen LogP contribution in [0, 0.1) is 0 Å². The minimum Gasteiger partial charge on any atom is -0.329 e. The normalized spacial score (nSPS) is 6.88. The van der Waals surface area contributed by atoms with E-state index in [1.807, 2.05) is 0 Å². The molecular formula is C5H13ClN2. The van der Waals surface area contributed by atoms with Crippen LogP contribution in [0.2, 0.25) is 0 Å². The molecule has 0 aromatic heterocycles.